The van der Waals surface area contributed by atoms with E-state index < -0.39 is 5.97 Å². The maximum Gasteiger partial charge on any atom is 0.304 e. The fourth-order valence-corrected chi connectivity index (χ4v) is 3.40. The van der Waals surface area contributed by atoms with Crippen molar-refractivity contribution in [2.75, 3.05) is 39.8 Å². The van der Waals surface area contributed by atoms with E-state index in [1.165, 1.54) is 38.8 Å². The summed E-state index contributed by atoms with van der Waals surface area (Å²) in [5, 5.41) is 8.69. The molecule has 1 N–H and O–H groups in total. The Hall–Kier alpha value is -0.610. The number of carboxylic acids is 1. The molecule has 2 heterocycles. The van der Waals surface area contributed by atoms with E-state index in [1.54, 1.807) is 0 Å². The van der Waals surface area contributed by atoms with Gasteiger partial charge in [0, 0.05) is 6.54 Å². The van der Waals surface area contributed by atoms with Gasteiger partial charge in [0.25, 0.3) is 0 Å². The molecule has 0 aromatic rings. The van der Waals surface area contributed by atoms with Crippen LogP contribution in [0.25, 0.3) is 0 Å². The second-order valence-electron chi connectivity index (χ2n) is 5.96. The quantitative estimate of drug-likeness (QED) is 0.826. The molecule has 0 aliphatic carbocycles. The molecule has 0 aromatic heterocycles. The van der Waals surface area contributed by atoms with Crippen LogP contribution in [0.1, 0.15) is 32.1 Å². The lowest BCUT2D eigenvalue weighted by Gasteiger charge is -2.39. The summed E-state index contributed by atoms with van der Waals surface area (Å²) in [5.74, 6) is 1.13. The maximum atomic E-state index is 10.6. The zero-order valence-electron chi connectivity index (χ0n) is 11.5. The highest BCUT2D eigenvalue weighted by Gasteiger charge is 2.28. The van der Waals surface area contributed by atoms with E-state index >= 15 is 0 Å². The molecule has 2 aliphatic rings. The Balaban J connectivity index is 1.68. The first-order chi connectivity index (χ1) is 8.65. The third-order valence-electron chi connectivity index (χ3n) is 4.70. The van der Waals surface area contributed by atoms with Crippen LogP contribution in [0.3, 0.4) is 0 Å². The Kier molecular flexibility index (Phi) is 5.01. The fraction of sp³-hybridized carbons (Fsp3) is 0.929. The number of piperidine rings is 2. The Morgan fingerprint density at radius 3 is 2.06 bits per heavy atom. The molecular formula is C14H26N2O2. The van der Waals surface area contributed by atoms with E-state index in [2.05, 4.69) is 16.8 Å². The van der Waals surface area contributed by atoms with Crippen molar-refractivity contribution in [2.45, 2.75) is 32.1 Å². The van der Waals surface area contributed by atoms with Gasteiger partial charge in [-0.05, 0) is 70.7 Å². The summed E-state index contributed by atoms with van der Waals surface area (Å²) in [7, 11) is 2.21. The Morgan fingerprint density at radius 2 is 1.56 bits per heavy atom. The molecule has 0 atom stereocenters. The van der Waals surface area contributed by atoms with Crippen molar-refractivity contribution < 1.29 is 9.90 Å². The normalized spacial score (nSPS) is 25.4. The highest BCUT2D eigenvalue weighted by Crippen LogP contribution is 2.32. The molecule has 0 radical (unpaired) electrons. The van der Waals surface area contributed by atoms with Gasteiger partial charge in [-0.25, -0.2) is 0 Å². The van der Waals surface area contributed by atoms with Crippen LogP contribution in [0.2, 0.25) is 0 Å². The SMILES string of the molecule is CN1CCC(C2CCN(CCC(=O)O)CC2)CC1. The Bertz CT molecular complexity index is 267. The molecule has 0 bridgehead atoms. The van der Waals surface area contributed by atoms with Crippen LogP contribution in [0.5, 0.6) is 0 Å². The summed E-state index contributed by atoms with van der Waals surface area (Å²) in [6.45, 7) is 5.44. The molecule has 4 heteroatoms. The van der Waals surface area contributed by atoms with Gasteiger partial charge in [0.2, 0.25) is 0 Å². The minimum Gasteiger partial charge on any atom is -0.481 e. The summed E-state index contributed by atoms with van der Waals surface area (Å²) >= 11 is 0. The molecule has 0 aromatic carbocycles. The number of carbonyl (C=O) groups is 1. The number of aliphatic carboxylic acids is 1. The monoisotopic (exact) mass is 254 g/mol. The average molecular weight is 254 g/mol. The van der Waals surface area contributed by atoms with Crippen molar-refractivity contribution in [3.8, 4) is 0 Å². The zero-order chi connectivity index (χ0) is 13.0. The molecule has 2 saturated heterocycles. The molecule has 0 unspecified atom stereocenters. The second kappa shape index (κ2) is 6.53. The van der Waals surface area contributed by atoms with Gasteiger partial charge in [-0.15, -0.1) is 0 Å². The van der Waals surface area contributed by atoms with Crippen LogP contribution in [-0.2, 0) is 4.79 Å². The van der Waals surface area contributed by atoms with Crippen LogP contribution in [-0.4, -0.2) is 60.6 Å². The number of hydrogen-bond acceptors (Lipinski definition) is 3. The lowest BCUT2D eigenvalue weighted by molar-refractivity contribution is -0.137. The summed E-state index contributed by atoms with van der Waals surface area (Å²) in [6.07, 6.45) is 5.55. The van der Waals surface area contributed by atoms with Gasteiger partial charge < -0.3 is 14.9 Å². The molecule has 18 heavy (non-hydrogen) atoms. The molecule has 0 spiro atoms. The minimum atomic E-state index is -0.674. The zero-order valence-corrected chi connectivity index (χ0v) is 11.5. The van der Waals surface area contributed by atoms with Crippen molar-refractivity contribution in [1.82, 2.24) is 9.80 Å². The molecular weight excluding hydrogens is 228 g/mol. The van der Waals surface area contributed by atoms with Crippen molar-refractivity contribution in [3.05, 3.63) is 0 Å². The van der Waals surface area contributed by atoms with E-state index in [0.717, 1.165) is 31.5 Å². The number of rotatable bonds is 4. The molecule has 2 rings (SSSR count). The molecule has 2 fully saturated rings. The maximum absolute atomic E-state index is 10.6. The van der Waals surface area contributed by atoms with E-state index in [4.69, 9.17) is 5.11 Å². The van der Waals surface area contributed by atoms with Gasteiger partial charge in [0.1, 0.15) is 0 Å². The molecule has 0 saturated carbocycles. The van der Waals surface area contributed by atoms with Gasteiger partial charge >= 0.3 is 5.97 Å². The summed E-state index contributed by atoms with van der Waals surface area (Å²) < 4.78 is 0. The van der Waals surface area contributed by atoms with Gasteiger partial charge in [-0.3, -0.25) is 4.79 Å². The summed E-state index contributed by atoms with van der Waals surface area (Å²) in [4.78, 5) is 15.3. The lowest BCUT2D eigenvalue weighted by atomic mass is 9.79. The largest absolute Gasteiger partial charge is 0.481 e. The highest BCUT2D eigenvalue weighted by atomic mass is 16.4. The first-order valence-electron chi connectivity index (χ1n) is 7.28. The first kappa shape index (κ1) is 13.8. The first-order valence-corrected chi connectivity index (χ1v) is 7.28. The average Bonchev–Trinajstić information content (AvgIpc) is 2.38. The standard InChI is InChI=1S/C14H26N2O2/c1-15-7-2-12(3-8-15)13-4-9-16(10-5-13)11-6-14(17)18/h12-13H,2-11H2,1H3,(H,17,18). The predicted molar refractivity (Wildman–Crippen MR) is 71.6 cm³/mol. The fourth-order valence-electron chi connectivity index (χ4n) is 3.40. The smallest absolute Gasteiger partial charge is 0.304 e. The number of hydrogen-bond donors (Lipinski definition) is 1. The molecule has 104 valence electrons. The highest BCUT2D eigenvalue weighted by molar-refractivity contribution is 5.66. The van der Waals surface area contributed by atoms with Crippen molar-refractivity contribution in [1.29, 1.82) is 0 Å². The van der Waals surface area contributed by atoms with Crippen LogP contribution in [0.4, 0.5) is 0 Å². The Labute approximate surface area is 110 Å². The minimum absolute atomic E-state index is 0.291. The van der Waals surface area contributed by atoms with E-state index in [9.17, 15) is 4.79 Å². The van der Waals surface area contributed by atoms with Gasteiger partial charge in [-0.2, -0.15) is 0 Å². The van der Waals surface area contributed by atoms with Crippen molar-refractivity contribution >= 4 is 5.97 Å². The molecule has 4 nitrogen and oxygen atoms in total. The molecule has 0 amide bonds. The van der Waals surface area contributed by atoms with Crippen LogP contribution in [0, 0.1) is 11.8 Å². The van der Waals surface area contributed by atoms with Gasteiger partial charge in [0.15, 0.2) is 0 Å². The Morgan fingerprint density at radius 1 is 1.06 bits per heavy atom. The van der Waals surface area contributed by atoms with E-state index in [0.29, 0.717) is 6.42 Å². The lowest BCUT2D eigenvalue weighted by Crippen LogP contribution is -2.40. The van der Waals surface area contributed by atoms with Gasteiger partial charge in [-0.1, -0.05) is 0 Å². The predicted octanol–water partition coefficient (Wildman–Crippen LogP) is 1.51. The summed E-state index contributed by atoms with van der Waals surface area (Å²) in [5.41, 5.74) is 0. The van der Waals surface area contributed by atoms with Crippen LogP contribution in [0.15, 0.2) is 0 Å². The number of carboxylic acid groups (broad SMARTS) is 1. The second-order valence-corrected chi connectivity index (χ2v) is 5.96. The third kappa shape index (κ3) is 3.95. The third-order valence-corrected chi connectivity index (χ3v) is 4.70. The topological polar surface area (TPSA) is 43.8 Å². The number of likely N-dealkylation sites (tertiary alicyclic amines) is 2. The van der Waals surface area contributed by atoms with Crippen molar-refractivity contribution in [3.63, 3.8) is 0 Å². The van der Waals surface area contributed by atoms with Gasteiger partial charge in [0.05, 0.1) is 6.42 Å². The van der Waals surface area contributed by atoms with E-state index in [1.807, 2.05) is 0 Å². The van der Waals surface area contributed by atoms with Crippen molar-refractivity contribution in [2.24, 2.45) is 11.8 Å². The van der Waals surface area contributed by atoms with E-state index in [-0.39, 0.29) is 0 Å². The van der Waals surface area contributed by atoms with Crippen LogP contribution >= 0.6 is 0 Å². The number of nitrogens with zero attached hydrogens (tertiary/aromatic N) is 2. The summed E-state index contributed by atoms with van der Waals surface area (Å²) in [6, 6.07) is 0. The molecule has 2 aliphatic heterocycles. The van der Waals surface area contributed by atoms with Crippen LogP contribution < -0.4 is 0 Å².